The van der Waals surface area contributed by atoms with Crippen molar-refractivity contribution in [1.82, 2.24) is 0 Å². The van der Waals surface area contributed by atoms with Crippen LogP contribution in [0.15, 0.2) is 22.7 Å². The summed E-state index contributed by atoms with van der Waals surface area (Å²) in [6.45, 7) is 0. The van der Waals surface area contributed by atoms with Crippen LogP contribution in [0.5, 0.6) is 5.75 Å². The van der Waals surface area contributed by atoms with Crippen molar-refractivity contribution in [1.29, 1.82) is 0 Å². The molecule has 2 N–H and O–H groups in total. The van der Waals surface area contributed by atoms with Gasteiger partial charge < -0.3 is 14.9 Å². The van der Waals surface area contributed by atoms with Gasteiger partial charge in [0.15, 0.2) is 0 Å². The first-order valence-corrected chi connectivity index (χ1v) is 6.25. The molecule has 4 nitrogen and oxygen atoms in total. The summed E-state index contributed by atoms with van der Waals surface area (Å²) in [5, 5.41) is 18.5. The third-order valence-electron chi connectivity index (χ3n) is 2.87. The van der Waals surface area contributed by atoms with Crippen molar-refractivity contribution in [3.05, 3.63) is 28.2 Å². The third kappa shape index (κ3) is 2.79. The standard InChI is InChI=1S/C12H13BrO4/c13-8-6-7(12(15)16)4-5-10(8)17-11-3-1-2-9(11)14/h4-6,9,11,14H,1-3H2,(H,15,16). The van der Waals surface area contributed by atoms with Gasteiger partial charge in [-0.2, -0.15) is 0 Å². The topological polar surface area (TPSA) is 66.8 Å². The van der Waals surface area contributed by atoms with E-state index in [0.717, 1.165) is 19.3 Å². The summed E-state index contributed by atoms with van der Waals surface area (Å²) in [4.78, 5) is 10.8. The van der Waals surface area contributed by atoms with Gasteiger partial charge in [-0.15, -0.1) is 0 Å². The lowest BCUT2D eigenvalue weighted by Crippen LogP contribution is -2.25. The molecule has 92 valence electrons. The second-order valence-electron chi connectivity index (χ2n) is 4.10. The van der Waals surface area contributed by atoms with Gasteiger partial charge in [0.25, 0.3) is 0 Å². The number of carboxylic acid groups (broad SMARTS) is 1. The number of benzene rings is 1. The lowest BCUT2D eigenvalue weighted by atomic mass is 10.2. The molecular weight excluding hydrogens is 288 g/mol. The van der Waals surface area contributed by atoms with Crippen molar-refractivity contribution in [3.63, 3.8) is 0 Å². The summed E-state index contributed by atoms with van der Waals surface area (Å²) in [5.74, 6) is -0.404. The number of halogens is 1. The molecule has 0 saturated heterocycles. The van der Waals surface area contributed by atoms with Crippen molar-refractivity contribution in [2.45, 2.75) is 31.5 Å². The van der Waals surface area contributed by atoms with E-state index in [1.807, 2.05) is 0 Å². The van der Waals surface area contributed by atoms with Crippen molar-refractivity contribution < 1.29 is 19.7 Å². The second kappa shape index (κ2) is 5.06. The number of aliphatic hydroxyl groups excluding tert-OH is 1. The molecule has 0 amide bonds. The zero-order chi connectivity index (χ0) is 12.4. The van der Waals surface area contributed by atoms with Crippen molar-refractivity contribution in [2.75, 3.05) is 0 Å². The molecule has 0 aliphatic heterocycles. The molecule has 0 bridgehead atoms. The van der Waals surface area contributed by atoms with Gasteiger partial charge in [-0.3, -0.25) is 0 Å². The van der Waals surface area contributed by atoms with Gasteiger partial charge in [-0.1, -0.05) is 0 Å². The maximum Gasteiger partial charge on any atom is 0.335 e. The minimum atomic E-state index is -0.974. The zero-order valence-electron chi connectivity index (χ0n) is 9.10. The zero-order valence-corrected chi connectivity index (χ0v) is 10.7. The highest BCUT2D eigenvalue weighted by Gasteiger charge is 2.27. The van der Waals surface area contributed by atoms with Gasteiger partial charge in [0.05, 0.1) is 16.1 Å². The number of carbonyl (C=O) groups is 1. The molecule has 5 heteroatoms. The second-order valence-corrected chi connectivity index (χ2v) is 4.96. The van der Waals surface area contributed by atoms with Crippen LogP contribution in [0.2, 0.25) is 0 Å². The first kappa shape index (κ1) is 12.4. The number of rotatable bonds is 3. The van der Waals surface area contributed by atoms with Gasteiger partial charge in [-0.05, 0) is 53.4 Å². The maximum atomic E-state index is 10.8. The van der Waals surface area contributed by atoms with Crippen LogP contribution in [0, 0.1) is 0 Å². The largest absolute Gasteiger partial charge is 0.487 e. The Kier molecular flexibility index (Phi) is 3.69. The SMILES string of the molecule is O=C(O)c1ccc(OC2CCCC2O)c(Br)c1. The highest BCUT2D eigenvalue weighted by molar-refractivity contribution is 9.10. The number of hydrogen-bond donors (Lipinski definition) is 2. The van der Waals surface area contributed by atoms with E-state index in [9.17, 15) is 9.90 Å². The summed E-state index contributed by atoms with van der Waals surface area (Å²) >= 11 is 3.27. The first-order valence-electron chi connectivity index (χ1n) is 5.45. The van der Waals surface area contributed by atoms with Gasteiger partial charge in [0.1, 0.15) is 11.9 Å². The monoisotopic (exact) mass is 300 g/mol. The van der Waals surface area contributed by atoms with Crippen LogP contribution in [0.3, 0.4) is 0 Å². The minimum absolute atomic E-state index is 0.193. The quantitative estimate of drug-likeness (QED) is 0.900. The van der Waals surface area contributed by atoms with Crippen LogP contribution >= 0.6 is 15.9 Å². The Morgan fingerprint density at radius 3 is 2.71 bits per heavy atom. The van der Waals surface area contributed by atoms with Crippen LogP contribution in [0.4, 0.5) is 0 Å². The van der Waals surface area contributed by atoms with Crippen molar-refractivity contribution >= 4 is 21.9 Å². The summed E-state index contributed by atoms with van der Waals surface area (Å²) in [5.41, 5.74) is 0.205. The molecule has 2 atom stereocenters. The molecule has 1 aliphatic rings. The van der Waals surface area contributed by atoms with E-state index < -0.39 is 12.1 Å². The van der Waals surface area contributed by atoms with Gasteiger partial charge in [0.2, 0.25) is 0 Å². The normalized spacial score (nSPS) is 23.6. The number of ether oxygens (including phenoxy) is 1. The van der Waals surface area contributed by atoms with E-state index in [1.54, 1.807) is 6.07 Å². The molecule has 1 aromatic rings. The van der Waals surface area contributed by atoms with E-state index in [1.165, 1.54) is 12.1 Å². The smallest absolute Gasteiger partial charge is 0.335 e. The summed E-state index contributed by atoms with van der Waals surface area (Å²) in [6.07, 6.45) is 1.92. The molecular formula is C12H13BrO4. The van der Waals surface area contributed by atoms with Crippen LogP contribution in [0.25, 0.3) is 0 Å². The summed E-state index contributed by atoms with van der Waals surface area (Å²) in [6, 6.07) is 4.60. The van der Waals surface area contributed by atoms with E-state index in [-0.39, 0.29) is 11.7 Å². The average Bonchev–Trinajstić information content (AvgIpc) is 2.67. The van der Waals surface area contributed by atoms with Crippen molar-refractivity contribution in [3.8, 4) is 5.75 Å². The number of hydrogen-bond acceptors (Lipinski definition) is 3. The molecule has 1 aliphatic carbocycles. The molecule has 0 heterocycles. The highest BCUT2D eigenvalue weighted by Crippen LogP contribution is 2.30. The Morgan fingerprint density at radius 2 is 2.18 bits per heavy atom. The number of aromatic carboxylic acids is 1. The third-order valence-corrected chi connectivity index (χ3v) is 3.49. The predicted molar refractivity (Wildman–Crippen MR) is 65.4 cm³/mol. The minimum Gasteiger partial charge on any atom is -0.487 e. The predicted octanol–water partition coefficient (Wildman–Crippen LogP) is 2.44. The Hall–Kier alpha value is -1.07. The molecule has 17 heavy (non-hydrogen) atoms. The van der Waals surface area contributed by atoms with Crippen LogP contribution < -0.4 is 4.74 Å². The summed E-state index contributed by atoms with van der Waals surface area (Å²) < 4.78 is 6.26. The summed E-state index contributed by atoms with van der Waals surface area (Å²) in [7, 11) is 0. The fourth-order valence-electron chi connectivity index (χ4n) is 1.94. The fraction of sp³-hybridized carbons (Fsp3) is 0.417. The molecule has 2 unspecified atom stereocenters. The maximum absolute atomic E-state index is 10.8. The Bertz CT molecular complexity index is 433. The van der Waals surface area contributed by atoms with Gasteiger partial charge in [-0.25, -0.2) is 4.79 Å². The average molecular weight is 301 g/mol. The van der Waals surface area contributed by atoms with Gasteiger partial charge >= 0.3 is 5.97 Å². The van der Waals surface area contributed by atoms with E-state index >= 15 is 0 Å². The molecule has 2 rings (SSSR count). The Labute approximate surface area is 107 Å². The van der Waals surface area contributed by atoms with Gasteiger partial charge in [0, 0.05) is 0 Å². The Morgan fingerprint density at radius 1 is 1.41 bits per heavy atom. The molecule has 0 aromatic heterocycles. The molecule has 1 aromatic carbocycles. The van der Waals surface area contributed by atoms with E-state index in [4.69, 9.17) is 9.84 Å². The molecule has 0 radical (unpaired) electrons. The first-order chi connectivity index (χ1) is 8.08. The lowest BCUT2D eigenvalue weighted by molar-refractivity contribution is 0.0597. The van der Waals surface area contributed by atoms with E-state index in [2.05, 4.69) is 15.9 Å². The fourth-order valence-corrected chi connectivity index (χ4v) is 2.41. The Balaban J connectivity index is 2.14. The highest BCUT2D eigenvalue weighted by atomic mass is 79.9. The molecule has 1 saturated carbocycles. The van der Waals surface area contributed by atoms with Crippen LogP contribution in [-0.2, 0) is 0 Å². The van der Waals surface area contributed by atoms with Crippen molar-refractivity contribution in [2.24, 2.45) is 0 Å². The number of carboxylic acids is 1. The molecule has 1 fully saturated rings. The lowest BCUT2D eigenvalue weighted by Gasteiger charge is -2.18. The number of aliphatic hydroxyl groups is 1. The van der Waals surface area contributed by atoms with Crippen LogP contribution in [-0.4, -0.2) is 28.4 Å². The van der Waals surface area contributed by atoms with Crippen LogP contribution in [0.1, 0.15) is 29.6 Å². The molecule has 0 spiro atoms. The van der Waals surface area contributed by atoms with E-state index in [0.29, 0.717) is 10.2 Å².